The number of benzene rings is 1. The number of piperidine rings is 1. The van der Waals surface area contributed by atoms with Gasteiger partial charge < -0.3 is 14.5 Å². The maximum Gasteiger partial charge on any atom is 0.222 e. The molecule has 25 heavy (non-hydrogen) atoms. The van der Waals surface area contributed by atoms with Crippen LogP contribution in [0.1, 0.15) is 24.8 Å². The van der Waals surface area contributed by atoms with Crippen molar-refractivity contribution in [1.82, 2.24) is 9.80 Å². The molecule has 1 spiro atoms. The van der Waals surface area contributed by atoms with E-state index in [4.69, 9.17) is 16.3 Å². The second-order valence-electron chi connectivity index (χ2n) is 7.72. The van der Waals surface area contributed by atoms with Crippen molar-refractivity contribution >= 4 is 17.5 Å². The zero-order valence-electron chi connectivity index (χ0n) is 15.3. The average molecular weight is 365 g/mol. The summed E-state index contributed by atoms with van der Waals surface area (Å²) in [6.07, 6.45) is 3.55. The van der Waals surface area contributed by atoms with Crippen molar-refractivity contribution in [2.45, 2.75) is 25.7 Å². The van der Waals surface area contributed by atoms with E-state index in [2.05, 4.69) is 16.8 Å². The van der Waals surface area contributed by atoms with Gasteiger partial charge in [-0.15, -0.1) is 0 Å². The number of likely N-dealkylation sites (tertiary alicyclic amines) is 2. The van der Waals surface area contributed by atoms with Crippen LogP contribution in [0, 0.1) is 11.3 Å². The predicted octanol–water partition coefficient (Wildman–Crippen LogP) is 3.09. The highest BCUT2D eigenvalue weighted by Gasteiger charge is 2.47. The van der Waals surface area contributed by atoms with Crippen LogP contribution in [0.15, 0.2) is 24.3 Å². The Labute approximate surface area is 156 Å². The number of carbonyl (C=O) groups is 1. The summed E-state index contributed by atoms with van der Waals surface area (Å²) in [5.41, 5.74) is 1.50. The third kappa shape index (κ3) is 4.36. The number of carbonyl (C=O) groups excluding carboxylic acids is 1. The Morgan fingerprint density at radius 3 is 2.60 bits per heavy atom. The van der Waals surface area contributed by atoms with E-state index in [-0.39, 0.29) is 5.91 Å². The van der Waals surface area contributed by atoms with Crippen molar-refractivity contribution in [3.63, 3.8) is 0 Å². The normalized spacial score (nSPS) is 23.3. The van der Waals surface area contributed by atoms with Crippen LogP contribution >= 0.6 is 11.6 Å². The minimum atomic E-state index is 0.277. The summed E-state index contributed by atoms with van der Waals surface area (Å²) >= 11 is 5.91. The largest absolute Gasteiger partial charge is 0.384 e. The van der Waals surface area contributed by atoms with Gasteiger partial charge in [-0.3, -0.25) is 4.79 Å². The van der Waals surface area contributed by atoms with Gasteiger partial charge in [-0.2, -0.15) is 0 Å². The van der Waals surface area contributed by atoms with Crippen LogP contribution in [0.3, 0.4) is 0 Å². The van der Waals surface area contributed by atoms with Gasteiger partial charge >= 0.3 is 0 Å². The molecular formula is C20H29ClN2O2. The minimum absolute atomic E-state index is 0.277. The Balaban J connectivity index is 1.51. The number of hydrogen-bond donors (Lipinski definition) is 0. The molecule has 1 aromatic carbocycles. The summed E-state index contributed by atoms with van der Waals surface area (Å²) in [6, 6.07) is 7.78. The number of halogens is 1. The molecule has 4 nitrogen and oxygen atoms in total. The molecule has 0 N–H and O–H groups in total. The maximum atomic E-state index is 12.6. The van der Waals surface area contributed by atoms with E-state index in [1.807, 2.05) is 24.3 Å². The number of aryl methyl sites for hydroxylation is 1. The Morgan fingerprint density at radius 2 is 1.96 bits per heavy atom. The highest BCUT2D eigenvalue weighted by atomic mass is 35.5. The summed E-state index contributed by atoms with van der Waals surface area (Å²) in [4.78, 5) is 17.1. The summed E-state index contributed by atoms with van der Waals surface area (Å²) in [6.45, 7) is 4.84. The van der Waals surface area contributed by atoms with E-state index in [9.17, 15) is 4.79 Å². The first-order valence-electron chi connectivity index (χ1n) is 9.22. The van der Waals surface area contributed by atoms with Gasteiger partial charge in [-0.1, -0.05) is 23.7 Å². The molecule has 1 atom stereocenters. The van der Waals surface area contributed by atoms with Gasteiger partial charge in [0.15, 0.2) is 0 Å². The molecule has 0 radical (unpaired) electrons. The zero-order chi connectivity index (χ0) is 17.9. The van der Waals surface area contributed by atoms with Crippen molar-refractivity contribution in [1.29, 1.82) is 0 Å². The molecule has 2 aliphatic rings. The van der Waals surface area contributed by atoms with Gasteiger partial charge in [-0.05, 0) is 49.4 Å². The van der Waals surface area contributed by atoms with Gasteiger partial charge in [-0.25, -0.2) is 0 Å². The van der Waals surface area contributed by atoms with Crippen LogP contribution in [-0.2, 0) is 16.0 Å². The lowest BCUT2D eigenvalue weighted by molar-refractivity contribution is -0.134. The van der Waals surface area contributed by atoms with E-state index in [1.54, 1.807) is 7.11 Å². The van der Waals surface area contributed by atoms with Crippen molar-refractivity contribution in [3.8, 4) is 0 Å². The molecule has 2 fully saturated rings. The lowest BCUT2D eigenvalue weighted by Gasteiger charge is -2.42. The standard InChI is InChI=1S/C20H29ClN2O2/c1-22-13-17(14-25-2)20(15-22)9-11-23(12-10-20)19(24)8-5-16-3-6-18(21)7-4-16/h3-4,6-7,17H,5,8-15H2,1-2H3. The number of rotatable bonds is 5. The third-order valence-electron chi connectivity index (χ3n) is 6.00. The molecule has 1 aromatic rings. The summed E-state index contributed by atoms with van der Waals surface area (Å²) in [7, 11) is 3.99. The molecule has 2 saturated heterocycles. The molecule has 0 aromatic heterocycles. The smallest absolute Gasteiger partial charge is 0.222 e. The number of nitrogens with zero attached hydrogens (tertiary/aromatic N) is 2. The third-order valence-corrected chi connectivity index (χ3v) is 6.26. The SMILES string of the molecule is COCC1CN(C)CC12CCN(C(=O)CCc1ccc(Cl)cc1)CC2. The predicted molar refractivity (Wildman–Crippen MR) is 101 cm³/mol. The van der Waals surface area contributed by atoms with Crippen LogP contribution in [0.2, 0.25) is 5.02 Å². The van der Waals surface area contributed by atoms with Crippen molar-refractivity contribution in [3.05, 3.63) is 34.9 Å². The molecule has 5 heteroatoms. The molecule has 1 unspecified atom stereocenters. The molecule has 2 heterocycles. The number of ether oxygens (including phenoxy) is 1. The monoisotopic (exact) mass is 364 g/mol. The molecule has 1 amide bonds. The van der Waals surface area contributed by atoms with Crippen LogP contribution in [0.25, 0.3) is 0 Å². The molecule has 2 aliphatic heterocycles. The number of hydrogen-bond acceptors (Lipinski definition) is 3. The van der Waals surface area contributed by atoms with Gasteiger partial charge in [0.1, 0.15) is 0 Å². The van der Waals surface area contributed by atoms with Gasteiger partial charge in [0.2, 0.25) is 5.91 Å². The Hall–Kier alpha value is -1.10. The second kappa shape index (κ2) is 8.07. The van der Waals surface area contributed by atoms with Gasteiger partial charge in [0, 0.05) is 50.7 Å². The van der Waals surface area contributed by atoms with Crippen molar-refractivity contribution in [2.24, 2.45) is 11.3 Å². The van der Waals surface area contributed by atoms with Gasteiger partial charge in [0.05, 0.1) is 6.61 Å². The summed E-state index contributed by atoms with van der Waals surface area (Å²) in [5, 5.41) is 0.739. The quantitative estimate of drug-likeness (QED) is 0.804. The fourth-order valence-corrected chi connectivity index (χ4v) is 4.69. The van der Waals surface area contributed by atoms with E-state index in [0.717, 1.165) is 57.1 Å². The van der Waals surface area contributed by atoms with E-state index in [0.29, 0.717) is 17.8 Å². The van der Waals surface area contributed by atoms with E-state index in [1.165, 1.54) is 5.56 Å². The first-order chi connectivity index (χ1) is 12.0. The Morgan fingerprint density at radius 1 is 1.28 bits per heavy atom. The lowest BCUT2D eigenvalue weighted by Crippen LogP contribution is -2.47. The van der Waals surface area contributed by atoms with E-state index >= 15 is 0 Å². The van der Waals surface area contributed by atoms with Crippen LogP contribution in [-0.4, -0.2) is 62.7 Å². The Bertz CT molecular complexity index is 582. The summed E-state index contributed by atoms with van der Waals surface area (Å²) < 4.78 is 5.46. The topological polar surface area (TPSA) is 32.8 Å². The van der Waals surface area contributed by atoms with Crippen LogP contribution in [0.5, 0.6) is 0 Å². The van der Waals surface area contributed by atoms with Crippen LogP contribution < -0.4 is 0 Å². The molecule has 0 aliphatic carbocycles. The molecular weight excluding hydrogens is 336 g/mol. The Kier molecular flexibility index (Phi) is 6.03. The zero-order valence-corrected chi connectivity index (χ0v) is 16.1. The highest BCUT2D eigenvalue weighted by Crippen LogP contribution is 2.44. The van der Waals surface area contributed by atoms with Crippen molar-refractivity contribution < 1.29 is 9.53 Å². The molecule has 0 saturated carbocycles. The fraction of sp³-hybridized carbons (Fsp3) is 0.650. The van der Waals surface area contributed by atoms with Gasteiger partial charge in [0.25, 0.3) is 0 Å². The minimum Gasteiger partial charge on any atom is -0.384 e. The highest BCUT2D eigenvalue weighted by molar-refractivity contribution is 6.30. The number of methoxy groups -OCH3 is 1. The first kappa shape index (κ1) is 18.7. The number of amides is 1. The fourth-order valence-electron chi connectivity index (χ4n) is 4.56. The molecule has 3 rings (SSSR count). The molecule has 138 valence electrons. The molecule has 0 bridgehead atoms. The second-order valence-corrected chi connectivity index (χ2v) is 8.16. The van der Waals surface area contributed by atoms with Crippen molar-refractivity contribution in [2.75, 3.05) is 46.9 Å². The maximum absolute atomic E-state index is 12.6. The summed E-state index contributed by atoms with van der Waals surface area (Å²) in [5.74, 6) is 0.869. The van der Waals surface area contributed by atoms with E-state index < -0.39 is 0 Å². The first-order valence-corrected chi connectivity index (χ1v) is 9.60. The van der Waals surface area contributed by atoms with Crippen LogP contribution in [0.4, 0.5) is 0 Å². The lowest BCUT2D eigenvalue weighted by atomic mass is 9.71. The average Bonchev–Trinajstić information content (AvgIpc) is 2.90.